The van der Waals surface area contributed by atoms with Crippen LogP contribution in [0.3, 0.4) is 0 Å². The summed E-state index contributed by atoms with van der Waals surface area (Å²) < 4.78 is 1.41. The minimum absolute atomic E-state index is 0.297. The van der Waals surface area contributed by atoms with Crippen LogP contribution < -0.4 is 11.0 Å². The molecule has 0 unspecified atom stereocenters. The molecule has 98 valence electrons. The van der Waals surface area contributed by atoms with E-state index < -0.39 is 0 Å². The molecule has 0 spiro atoms. The van der Waals surface area contributed by atoms with Gasteiger partial charge in [0.1, 0.15) is 5.69 Å². The van der Waals surface area contributed by atoms with E-state index in [-0.39, 0.29) is 11.6 Å². The number of nitrogens with one attached hydrogen (secondary N) is 2. The number of hydrogen-bond acceptors (Lipinski definition) is 2. The van der Waals surface area contributed by atoms with E-state index in [4.69, 9.17) is 0 Å². The summed E-state index contributed by atoms with van der Waals surface area (Å²) in [6, 6.07) is 9.51. The van der Waals surface area contributed by atoms with Gasteiger partial charge in [0.25, 0.3) is 5.91 Å². The average Bonchev–Trinajstić information content (AvgIpc) is 2.79. The fourth-order valence-corrected chi connectivity index (χ4v) is 1.76. The molecule has 2 aromatic rings. The fraction of sp³-hybridized carbons (Fsp3) is 0.143. The average molecular weight is 257 g/mol. The molecule has 0 fully saturated rings. The van der Waals surface area contributed by atoms with Gasteiger partial charge in [-0.15, -0.1) is 6.58 Å². The molecule has 5 heteroatoms. The number of amides is 1. The Kier molecular flexibility index (Phi) is 3.97. The Labute approximate surface area is 110 Å². The number of carbonyl (C=O) groups is 1. The lowest BCUT2D eigenvalue weighted by molar-refractivity contribution is 0.0949. The predicted octanol–water partition coefficient (Wildman–Crippen LogP) is 1.14. The third kappa shape index (κ3) is 3.01. The molecule has 0 aliphatic heterocycles. The van der Waals surface area contributed by atoms with Crippen molar-refractivity contribution in [3.63, 3.8) is 0 Å². The van der Waals surface area contributed by atoms with Gasteiger partial charge in [-0.3, -0.25) is 9.36 Å². The zero-order chi connectivity index (χ0) is 13.7. The summed E-state index contributed by atoms with van der Waals surface area (Å²) in [5.74, 6) is -0.297. The van der Waals surface area contributed by atoms with Crippen LogP contribution in [-0.4, -0.2) is 22.0 Å². The van der Waals surface area contributed by atoms with Crippen LogP contribution in [0.5, 0.6) is 0 Å². The summed E-state index contributed by atoms with van der Waals surface area (Å²) in [5.41, 5.74) is 0.977. The molecule has 1 aromatic carbocycles. The zero-order valence-electron chi connectivity index (χ0n) is 10.4. The normalized spacial score (nSPS) is 10.1. The van der Waals surface area contributed by atoms with Gasteiger partial charge in [0.2, 0.25) is 0 Å². The Bertz CT molecular complexity index is 626. The Morgan fingerprint density at radius 2 is 2.11 bits per heavy atom. The van der Waals surface area contributed by atoms with Crippen LogP contribution in [-0.2, 0) is 6.54 Å². The number of benzene rings is 1. The van der Waals surface area contributed by atoms with E-state index in [9.17, 15) is 9.59 Å². The molecule has 1 aromatic heterocycles. The number of nitrogens with zero attached hydrogens (tertiary/aromatic N) is 1. The van der Waals surface area contributed by atoms with Crippen LogP contribution in [0.1, 0.15) is 16.1 Å². The molecule has 0 saturated carbocycles. The first-order valence-electron chi connectivity index (χ1n) is 5.93. The van der Waals surface area contributed by atoms with Crippen LogP contribution in [0.2, 0.25) is 0 Å². The molecule has 5 nitrogen and oxygen atoms in total. The third-order valence-corrected chi connectivity index (χ3v) is 2.69. The van der Waals surface area contributed by atoms with Crippen molar-refractivity contribution in [1.82, 2.24) is 14.9 Å². The lowest BCUT2D eigenvalue weighted by Gasteiger charge is -2.07. The number of aromatic nitrogens is 2. The molecule has 1 amide bonds. The topological polar surface area (TPSA) is 66.9 Å². The maximum absolute atomic E-state index is 11.9. The number of hydrogen-bond donors (Lipinski definition) is 2. The summed E-state index contributed by atoms with van der Waals surface area (Å²) in [7, 11) is 0. The SMILES string of the molecule is C=CCNC(=O)c1c[nH]c(=O)n1Cc1ccccc1. The van der Waals surface area contributed by atoms with Gasteiger partial charge in [-0.25, -0.2) is 4.79 Å². The molecular formula is C14H15N3O2. The van der Waals surface area contributed by atoms with E-state index in [2.05, 4.69) is 16.9 Å². The summed E-state index contributed by atoms with van der Waals surface area (Å²) in [6.45, 7) is 4.26. The van der Waals surface area contributed by atoms with Gasteiger partial charge in [0, 0.05) is 12.7 Å². The molecule has 19 heavy (non-hydrogen) atoms. The monoisotopic (exact) mass is 257 g/mol. The molecule has 0 bridgehead atoms. The molecule has 0 aliphatic carbocycles. The van der Waals surface area contributed by atoms with Crippen molar-refractivity contribution < 1.29 is 4.79 Å². The van der Waals surface area contributed by atoms with Crippen LogP contribution in [0, 0.1) is 0 Å². The quantitative estimate of drug-likeness (QED) is 0.789. The molecule has 0 atom stereocenters. The van der Waals surface area contributed by atoms with E-state index in [0.717, 1.165) is 5.56 Å². The Morgan fingerprint density at radius 1 is 1.37 bits per heavy atom. The summed E-state index contributed by atoms with van der Waals surface area (Å²) in [6.07, 6.45) is 3.01. The standard InChI is InChI=1S/C14H15N3O2/c1-2-8-15-13(18)12-9-16-14(19)17(12)10-11-6-4-3-5-7-11/h2-7,9H,1,8,10H2,(H,15,18)(H,16,19). The highest BCUT2D eigenvalue weighted by molar-refractivity contribution is 5.92. The molecule has 0 aliphatic rings. The second-order valence-corrected chi connectivity index (χ2v) is 4.05. The second kappa shape index (κ2) is 5.86. The number of H-pyrrole nitrogens is 1. The van der Waals surface area contributed by atoms with E-state index in [0.29, 0.717) is 18.8 Å². The molecule has 2 N–H and O–H groups in total. The van der Waals surface area contributed by atoms with Crippen LogP contribution in [0.25, 0.3) is 0 Å². The van der Waals surface area contributed by atoms with E-state index in [1.165, 1.54) is 10.8 Å². The van der Waals surface area contributed by atoms with Gasteiger partial charge in [-0.2, -0.15) is 0 Å². The van der Waals surface area contributed by atoms with Crippen molar-refractivity contribution in [2.24, 2.45) is 0 Å². The summed E-state index contributed by atoms with van der Waals surface area (Å²) >= 11 is 0. The lowest BCUT2D eigenvalue weighted by atomic mass is 10.2. The van der Waals surface area contributed by atoms with Gasteiger partial charge in [0.05, 0.1) is 6.54 Å². The molecule has 2 rings (SSSR count). The Balaban J connectivity index is 2.25. The van der Waals surface area contributed by atoms with Crippen LogP contribution in [0.4, 0.5) is 0 Å². The Hall–Kier alpha value is -2.56. The zero-order valence-corrected chi connectivity index (χ0v) is 10.4. The van der Waals surface area contributed by atoms with Gasteiger partial charge in [-0.05, 0) is 5.56 Å². The van der Waals surface area contributed by atoms with Gasteiger partial charge in [-0.1, -0.05) is 36.4 Å². The van der Waals surface area contributed by atoms with Crippen molar-refractivity contribution in [2.75, 3.05) is 6.54 Å². The van der Waals surface area contributed by atoms with E-state index in [1.807, 2.05) is 30.3 Å². The first kappa shape index (κ1) is 12.9. The maximum Gasteiger partial charge on any atom is 0.326 e. The smallest absolute Gasteiger partial charge is 0.326 e. The van der Waals surface area contributed by atoms with E-state index in [1.54, 1.807) is 6.08 Å². The molecule has 0 saturated heterocycles. The van der Waals surface area contributed by atoms with Crippen molar-refractivity contribution in [3.8, 4) is 0 Å². The van der Waals surface area contributed by atoms with Crippen LogP contribution >= 0.6 is 0 Å². The number of carbonyl (C=O) groups excluding carboxylic acids is 1. The highest BCUT2D eigenvalue weighted by Gasteiger charge is 2.13. The van der Waals surface area contributed by atoms with E-state index >= 15 is 0 Å². The molecule has 1 heterocycles. The number of imidazole rings is 1. The van der Waals surface area contributed by atoms with Crippen molar-refractivity contribution in [1.29, 1.82) is 0 Å². The van der Waals surface area contributed by atoms with Crippen LogP contribution in [0.15, 0.2) is 54.0 Å². The van der Waals surface area contributed by atoms with Gasteiger partial charge < -0.3 is 10.3 Å². The minimum atomic E-state index is -0.299. The lowest BCUT2D eigenvalue weighted by Crippen LogP contribution is -2.29. The fourth-order valence-electron chi connectivity index (χ4n) is 1.76. The number of aromatic amines is 1. The van der Waals surface area contributed by atoms with Gasteiger partial charge >= 0.3 is 5.69 Å². The molecular weight excluding hydrogens is 242 g/mol. The Morgan fingerprint density at radius 3 is 2.79 bits per heavy atom. The first-order valence-corrected chi connectivity index (χ1v) is 5.93. The summed E-state index contributed by atoms with van der Waals surface area (Å²) in [4.78, 5) is 26.2. The minimum Gasteiger partial charge on any atom is -0.347 e. The highest BCUT2D eigenvalue weighted by atomic mass is 16.2. The van der Waals surface area contributed by atoms with Crippen molar-refractivity contribution >= 4 is 5.91 Å². The maximum atomic E-state index is 11.9. The van der Waals surface area contributed by atoms with Gasteiger partial charge in [0.15, 0.2) is 0 Å². The molecule has 0 radical (unpaired) electrons. The van der Waals surface area contributed by atoms with Crippen molar-refractivity contribution in [2.45, 2.75) is 6.54 Å². The highest BCUT2D eigenvalue weighted by Crippen LogP contribution is 2.03. The first-order chi connectivity index (χ1) is 9.22. The summed E-state index contributed by atoms with van der Waals surface area (Å²) in [5, 5.41) is 2.65. The second-order valence-electron chi connectivity index (χ2n) is 4.05. The third-order valence-electron chi connectivity index (χ3n) is 2.69. The number of rotatable bonds is 5. The predicted molar refractivity (Wildman–Crippen MR) is 73.1 cm³/mol. The largest absolute Gasteiger partial charge is 0.347 e. The van der Waals surface area contributed by atoms with Crippen molar-refractivity contribution in [3.05, 3.63) is 70.9 Å².